The standard InChI is InChI=1S/C19H20ClNO3/c20-15-6-7-16(17(22)12-15)18(23)21-13-19(8-10-24-11-9-19)14-4-2-1-3-5-14/h1-7,12,22H,8-11,13H2,(H,21,23). The van der Waals surface area contributed by atoms with Crippen molar-refractivity contribution in [1.29, 1.82) is 0 Å². The normalized spacial score (nSPS) is 16.5. The molecule has 24 heavy (non-hydrogen) atoms. The Balaban J connectivity index is 1.78. The van der Waals surface area contributed by atoms with E-state index in [1.807, 2.05) is 18.2 Å². The van der Waals surface area contributed by atoms with Crippen LogP contribution in [-0.2, 0) is 10.2 Å². The molecule has 1 saturated heterocycles. The largest absolute Gasteiger partial charge is 0.507 e. The minimum atomic E-state index is -0.300. The quantitative estimate of drug-likeness (QED) is 0.891. The van der Waals surface area contributed by atoms with Gasteiger partial charge in [0.2, 0.25) is 0 Å². The minimum absolute atomic E-state index is 0.110. The van der Waals surface area contributed by atoms with Gasteiger partial charge in [0.15, 0.2) is 0 Å². The molecule has 1 heterocycles. The van der Waals surface area contributed by atoms with Crippen LogP contribution in [0.2, 0.25) is 5.02 Å². The molecule has 0 spiro atoms. The zero-order chi connectivity index (χ0) is 17.0. The van der Waals surface area contributed by atoms with E-state index in [4.69, 9.17) is 16.3 Å². The van der Waals surface area contributed by atoms with Crippen LogP contribution in [0.15, 0.2) is 48.5 Å². The van der Waals surface area contributed by atoms with E-state index >= 15 is 0 Å². The van der Waals surface area contributed by atoms with Gasteiger partial charge in [-0.05, 0) is 36.6 Å². The predicted molar refractivity (Wildman–Crippen MR) is 93.6 cm³/mol. The summed E-state index contributed by atoms with van der Waals surface area (Å²) < 4.78 is 5.50. The molecule has 0 atom stereocenters. The molecular formula is C19H20ClNO3. The van der Waals surface area contributed by atoms with E-state index in [-0.39, 0.29) is 22.6 Å². The van der Waals surface area contributed by atoms with E-state index in [1.54, 1.807) is 6.07 Å². The number of benzene rings is 2. The van der Waals surface area contributed by atoms with E-state index in [2.05, 4.69) is 17.4 Å². The Morgan fingerprint density at radius 2 is 1.88 bits per heavy atom. The molecule has 0 saturated carbocycles. The summed E-state index contributed by atoms with van der Waals surface area (Å²) in [5.41, 5.74) is 1.29. The van der Waals surface area contributed by atoms with Gasteiger partial charge in [-0.1, -0.05) is 41.9 Å². The Morgan fingerprint density at radius 3 is 2.54 bits per heavy atom. The van der Waals surface area contributed by atoms with Crippen molar-refractivity contribution in [2.45, 2.75) is 18.3 Å². The van der Waals surface area contributed by atoms with E-state index in [0.29, 0.717) is 24.8 Å². The molecule has 0 unspecified atom stereocenters. The van der Waals surface area contributed by atoms with Crippen molar-refractivity contribution in [1.82, 2.24) is 5.32 Å². The van der Waals surface area contributed by atoms with Crippen molar-refractivity contribution in [3.63, 3.8) is 0 Å². The highest BCUT2D eigenvalue weighted by Gasteiger charge is 2.34. The zero-order valence-corrected chi connectivity index (χ0v) is 14.1. The summed E-state index contributed by atoms with van der Waals surface area (Å²) in [6, 6.07) is 14.7. The molecule has 1 fully saturated rings. The van der Waals surface area contributed by atoms with Gasteiger partial charge in [0.05, 0.1) is 5.56 Å². The summed E-state index contributed by atoms with van der Waals surface area (Å²) in [6.45, 7) is 1.86. The number of rotatable bonds is 4. The molecular weight excluding hydrogens is 326 g/mol. The Hall–Kier alpha value is -2.04. The van der Waals surface area contributed by atoms with Gasteiger partial charge in [-0.2, -0.15) is 0 Å². The van der Waals surface area contributed by atoms with E-state index in [9.17, 15) is 9.90 Å². The molecule has 3 rings (SSSR count). The van der Waals surface area contributed by atoms with Crippen molar-refractivity contribution in [3.05, 3.63) is 64.7 Å². The monoisotopic (exact) mass is 345 g/mol. The summed E-state index contributed by atoms with van der Waals surface area (Å²) >= 11 is 5.82. The summed E-state index contributed by atoms with van der Waals surface area (Å²) in [5.74, 6) is -0.410. The lowest BCUT2D eigenvalue weighted by atomic mass is 9.74. The number of aromatic hydroxyl groups is 1. The molecule has 0 radical (unpaired) electrons. The van der Waals surface area contributed by atoms with Crippen LogP contribution >= 0.6 is 11.6 Å². The molecule has 5 heteroatoms. The summed E-state index contributed by atoms with van der Waals surface area (Å²) in [6.07, 6.45) is 1.70. The first-order valence-electron chi connectivity index (χ1n) is 8.01. The first-order chi connectivity index (χ1) is 11.6. The zero-order valence-electron chi connectivity index (χ0n) is 13.3. The van der Waals surface area contributed by atoms with Crippen LogP contribution in [0.5, 0.6) is 5.75 Å². The van der Waals surface area contributed by atoms with Crippen molar-refractivity contribution in [2.75, 3.05) is 19.8 Å². The first-order valence-corrected chi connectivity index (χ1v) is 8.38. The number of phenolic OH excluding ortho intramolecular Hbond substituents is 1. The third-order valence-corrected chi connectivity index (χ3v) is 4.86. The van der Waals surface area contributed by atoms with E-state index < -0.39 is 0 Å². The second-order valence-corrected chi connectivity index (χ2v) is 6.54. The highest BCUT2D eigenvalue weighted by atomic mass is 35.5. The molecule has 126 valence electrons. The van der Waals surface area contributed by atoms with Gasteiger partial charge < -0.3 is 15.2 Å². The second kappa shape index (κ2) is 7.24. The molecule has 2 aromatic rings. The maximum Gasteiger partial charge on any atom is 0.255 e. The predicted octanol–water partition coefficient (Wildman–Crippen LogP) is 3.52. The van der Waals surface area contributed by atoms with Crippen LogP contribution in [0.25, 0.3) is 0 Å². The van der Waals surface area contributed by atoms with Crippen LogP contribution in [0.1, 0.15) is 28.8 Å². The topological polar surface area (TPSA) is 58.6 Å². The van der Waals surface area contributed by atoms with Crippen LogP contribution < -0.4 is 5.32 Å². The first kappa shape index (κ1) is 16.8. The molecule has 1 amide bonds. The number of hydrogen-bond acceptors (Lipinski definition) is 3. The van der Waals surface area contributed by atoms with Gasteiger partial charge in [0.1, 0.15) is 5.75 Å². The molecule has 2 N–H and O–H groups in total. The molecule has 2 aromatic carbocycles. The smallest absolute Gasteiger partial charge is 0.255 e. The SMILES string of the molecule is O=C(NCC1(c2ccccc2)CCOCC1)c1ccc(Cl)cc1O. The van der Waals surface area contributed by atoms with Crippen LogP contribution in [-0.4, -0.2) is 30.8 Å². The number of amides is 1. The van der Waals surface area contributed by atoms with Gasteiger partial charge in [-0.25, -0.2) is 0 Å². The molecule has 1 aliphatic rings. The number of halogens is 1. The van der Waals surface area contributed by atoms with Gasteiger partial charge in [-0.15, -0.1) is 0 Å². The Bertz CT molecular complexity index is 712. The molecule has 4 nitrogen and oxygen atoms in total. The second-order valence-electron chi connectivity index (χ2n) is 6.10. The van der Waals surface area contributed by atoms with Crippen LogP contribution in [0.4, 0.5) is 0 Å². The van der Waals surface area contributed by atoms with Gasteiger partial charge in [0, 0.05) is 30.2 Å². The number of carbonyl (C=O) groups is 1. The fraction of sp³-hybridized carbons (Fsp3) is 0.316. The van der Waals surface area contributed by atoms with Gasteiger partial charge in [-0.3, -0.25) is 4.79 Å². The number of hydrogen-bond donors (Lipinski definition) is 2. The van der Waals surface area contributed by atoms with Gasteiger partial charge >= 0.3 is 0 Å². The average molecular weight is 346 g/mol. The van der Waals surface area contributed by atoms with Crippen LogP contribution in [0.3, 0.4) is 0 Å². The summed E-state index contributed by atoms with van der Waals surface area (Å²) in [5, 5.41) is 13.3. The lowest BCUT2D eigenvalue weighted by Gasteiger charge is -2.38. The van der Waals surface area contributed by atoms with Crippen molar-refractivity contribution >= 4 is 17.5 Å². The van der Waals surface area contributed by atoms with E-state index in [0.717, 1.165) is 12.8 Å². The van der Waals surface area contributed by atoms with Crippen molar-refractivity contribution in [3.8, 4) is 5.75 Å². The minimum Gasteiger partial charge on any atom is -0.507 e. The third-order valence-electron chi connectivity index (χ3n) is 4.63. The maximum absolute atomic E-state index is 12.4. The highest BCUT2D eigenvalue weighted by Crippen LogP contribution is 2.34. The Kier molecular flexibility index (Phi) is 5.07. The fourth-order valence-corrected chi connectivity index (χ4v) is 3.33. The van der Waals surface area contributed by atoms with Crippen molar-refractivity contribution in [2.24, 2.45) is 0 Å². The van der Waals surface area contributed by atoms with Gasteiger partial charge in [0.25, 0.3) is 5.91 Å². The fourth-order valence-electron chi connectivity index (χ4n) is 3.16. The summed E-state index contributed by atoms with van der Waals surface area (Å²) in [4.78, 5) is 12.4. The third kappa shape index (κ3) is 3.55. The highest BCUT2D eigenvalue weighted by molar-refractivity contribution is 6.30. The van der Waals surface area contributed by atoms with Crippen LogP contribution in [0, 0.1) is 0 Å². The lowest BCUT2D eigenvalue weighted by molar-refractivity contribution is 0.0487. The number of carbonyl (C=O) groups excluding carboxylic acids is 1. The number of ether oxygens (including phenoxy) is 1. The Morgan fingerprint density at radius 1 is 1.17 bits per heavy atom. The summed E-state index contributed by atoms with van der Waals surface area (Å²) in [7, 11) is 0. The number of phenols is 1. The average Bonchev–Trinajstić information content (AvgIpc) is 2.61. The van der Waals surface area contributed by atoms with Crippen molar-refractivity contribution < 1.29 is 14.6 Å². The number of nitrogens with one attached hydrogen (secondary N) is 1. The maximum atomic E-state index is 12.4. The lowest BCUT2D eigenvalue weighted by Crippen LogP contribution is -2.44. The van der Waals surface area contributed by atoms with E-state index in [1.165, 1.54) is 17.7 Å². The molecule has 0 aliphatic carbocycles. The molecule has 0 aromatic heterocycles. The Labute approximate surface area is 146 Å². The molecule has 0 bridgehead atoms. The molecule has 1 aliphatic heterocycles.